The minimum atomic E-state index is -0.314. The molecule has 4 nitrogen and oxygen atoms in total. The third-order valence-corrected chi connectivity index (χ3v) is 2.36. The van der Waals surface area contributed by atoms with Crippen molar-refractivity contribution in [2.45, 2.75) is 20.1 Å². The summed E-state index contributed by atoms with van der Waals surface area (Å²) >= 11 is 0. The van der Waals surface area contributed by atoms with Crippen molar-refractivity contribution in [1.82, 2.24) is 9.78 Å². The summed E-state index contributed by atoms with van der Waals surface area (Å²) in [5.74, 6) is 0.642. The number of ether oxygens (including phenoxy) is 1. The lowest BCUT2D eigenvalue weighted by molar-refractivity contribution is 0.291. The largest absolute Gasteiger partial charge is 0.487 e. The average molecular weight is 235 g/mol. The number of nitrogens with two attached hydrogens (primary N) is 1. The van der Waals surface area contributed by atoms with Crippen molar-refractivity contribution < 1.29 is 9.13 Å². The van der Waals surface area contributed by atoms with Gasteiger partial charge in [0.25, 0.3) is 0 Å². The zero-order valence-corrected chi connectivity index (χ0v) is 9.56. The second kappa shape index (κ2) is 4.86. The first-order valence-corrected chi connectivity index (χ1v) is 5.39. The van der Waals surface area contributed by atoms with Gasteiger partial charge in [-0.15, -0.1) is 0 Å². The zero-order chi connectivity index (χ0) is 12.3. The van der Waals surface area contributed by atoms with E-state index in [4.69, 9.17) is 10.5 Å². The molecule has 5 heteroatoms. The van der Waals surface area contributed by atoms with Crippen LogP contribution in [-0.2, 0) is 13.2 Å². The van der Waals surface area contributed by atoms with Crippen molar-refractivity contribution in [2.75, 3.05) is 5.73 Å². The van der Waals surface area contributed by atoms with Crippen LogP contribution in [0.1, 0.15) is 12.6 Å². The first-order chi connectivity index (χ1) is 8.19. The number of nitrogens with zero attached hydrogens (tertiary/aromatic N) is 2. The van der Waals surface area contributed by atoms with E-state index >= 15 is 0 Å². The summed E-state index contributed by atoms with van der Waals surface area (Å²) in [6.45, 7) is 3.01. The molecule has 1 aromatic carbocycles. The second-order valence-corrected chi connectivity index (χ2v) is 3.62. The van der Waals surface area contributed by atoms with Crippen molar-refractivity contribution in [3.05, 3.63) is 41.8 Å². The highest BCUT2D eigenvalue weighted by atomic mass is 19.1. The molecule has 0 aliphatic carbocycles. The molecule has 0 aliphatic rings. The van der Waals surface area contributed by atoms with Crippen LogP contribution < -0.4 is 10.5 Å². The van der Waals surface area contributed by atoms with Gasteiger partial charge in [-0.25, -0.2) is 4.39 Å². The van der Waals surface area contributed by atoms with E-state index in [1.54, 1.807) is 22.9 Å². The molecule has 0 saturated heterocycles. The molecule has 2 rings (SSSR count). The van der Waals surface area contributed by atoms with Crippen molar-refractivity contribution >= 4 is 5.82 Å². The fraction of sp³-hybridized carbons (Fsp3) is 0.250. The fourth-order valence-corrected chi connectivity index (χ4v) is 1.58. The summed E-state index contributed by atoms with van der Waals surface area (Å²) in [6.07, 6.45) is 0. The number of benzene rings is 1. The molecule has 90 valence electrons. The highest BCUT2D eigenvalue weighted by Gasteiger charge is 2.05. The summed E-state index contributed by atoms with van der Waals surface area (Å²) in [7, 11) is 0. The van der Waals surface area contributed by atoms with E-state index in [-0.39, 0.29) is 5.82 Å². The molecule has 2 N–H and O–H groups in total. The lowest BCUT2D eigenvalue weighted by Crippen LogP contribution is -2.06. The van der Waals surface area contributed by atoms with Crippen LogP contribution in [0.2, 0.25) is 0 Å². The zero-order valence-electron chi connectivity index (χ0n) is 9.56. The molecule has 0 saturated carbocycles. The maximum Gasteiger partial charge on any atom is 0.145 e. The lowest BCUT2D eigenvalue weighted by atomic mass is 10.3. The van der Waals surface area contributed by atoms with Crippen LogP contribution in [0.25, 0.3) is 0 Å². The standard InChI is InChI=1S/C12H14FN3O/c1-2-16-10(7-12(14)15-16)8-17-11-5-3-4-9(13)6-11/h3-7H,2,8H2,1H3,(H2,14,15). The Morgan fingerprint density at radius 1 is 1.41 bits per heavy atom. The Labute approximate surface area is 98.8 Å². The van der Waals surface area contributed by atoms with Crippen molar-refractivity contribution in [3.8, 4) is 5.75 Å². The van der Waals surface area contributed by atoms with Gasteiger partial charge in [0.05, 0.1) is 5.69 Å². The van der Waals surface area contributed by atoms with Gasteiger partial charge in [-0.2, -0.15) is 5.10 Å². The molecule has 0 radical (unpaired) electrons. The van der Waals surface area contributed by atoms with E-state index < -0.39 is 0 Å². The minimum Gasteiger partial charge on any atom is -0.487 e. The van der Waals surface area contributed by atoms with Gasteiger partial charge < -0.3 is 10.5 Å². The molecule has 0 atom stereocenters. The van der Waals surface area contributed by atoms with Crippen molar-refractivity contribution in [1.29, 1.82) is 0 Å². The topological polar surface area (TPSA) is 53.1 Å². The Morgan fingerprint density at radius 3 is 2.94 bits per heavy atom. The number of nitrogen functional groups attached to an aromatic ring is 1. The second-order valence-electron chi connectivity index (χ2n) is 3.62. The van der Waals surface area contributed by atoms with Gasteiger partial charge >= 0.3 is 0 Å². The Bertz CT molecular complexity index is 510. The number of rotatable bonds is 4. The van der Waals surface area contributed by atoms with Crippen molar-refractivity contribution in [2.24, 2.45) is 0 Å². The maximum absolute atomic E-state index is 12.9. The Balaban J connectivity index is 2.06. The fourth-order valence-electron chi connectivity index (χ4n) is 1.58. The molecule has 17 heavy (non-hydrogen) atoms. The van der Waals surface area contributed by atoms with Gasteiger partial charge in [0.2, 0.25) is 0 Å². The first-order valence-electron chi connectivity index (χ1n) is 5.39. The van der Waals surface area contributed by atoms with Crippen LogP contribution in [-0.4, -0.2) is 9.78 Å². The lowest BCUT2D eigenvalue weighted by Gasteiger charge is -2.07. The van der Waals surface area contributed by atoms with Gasteiger partial charge in [-0.1, -0.05) is 6.07 Å². The number of anilines is 1. The monoisotopic (exact) mass is 235 g/mol. The van der Waals surface area contributed by atoms with E-state index in [1.807, 2.05) is 6.92 Å². The van der Waals surface area contributed by atoms with Crippen LogP contribution in [0.5, 0.6) is 5.75 Å². The van der Waals surface area contributed by atoms with Crippen LogP contribution in [0.4, 0.5) is 10.2 Å². The maximum atomic E-state index is 12.9. The number of halogens is 1. The molecule has 1 heterocycles. The van der Waals surface area contributed by atoms with E-state index in [9.17, 15) is 4.39 Å². The number of aryl methyl sites for hydroxylation is 1. The third-order valence-electron chi connectivity index (χ3n) is 2.36. The van der Waals surface area contributed by atoms with Gasteiger partial charge in [0.15, 0.2) is 0 Å². The van der Waals surface area contributed by atoms with Gasteiger partial charge in [-0.3, -0.25) is 4.68 Å². The summed E-state index contributed by atoms with van der Waals surface area (Å²) in [5.41, 5.74) is 6.47. The van der Waals surface area contributed by atoms with Gasteiger partial charge in [-0.05, 0) is 19.1 Å². The van der Waals surface area contributed by atoms with Crippen LogP contribution in [0.3, 0.4) is 0 Å². The number of hydrogen-bond acceptors (Lipinski definition) is 3. The van der Waals surface area contributed by atoms with Crippen LogP contribution >= 0.6 is 0 Å². The Kier molecular flexibility index (Phi) is 3.27. The quantitative estimate of drug-likeness (QED) is 0.883. The van der Waals surface area contributed by atoms with Gasteiger partial charge in [0.1, 0.15) is 24.0 Å². The molecule has 1 aromatic heterocycles. The highest BCUT2D eigenvalue weighted by molar-refractivity contribution is 5.30. The van der Waals surface area contributed by atoms with E-state index in [0.717, 1.165) is 12.2 Å². The summed E-state index contributed by atoms with van der Waals surface area (Å²) < 4.78 is 20.2. The van der Waals surface area contributed by atoms with Gasteiger partial charge in [0, 0.05) is 18.7 Å². The molecule has 2 aromatic rings. The number of aromatic nitrogens is 2. The minimum absolute atomic E-state index is 0.314. The van der Waals surface area contributed by atoms with E-state index in [0.29, 0.717) is 18.2 Å². The smallest absolute Gasteiger partial charge is 0.145 e. The predicted octanol–water partition coefficient (Wildman–Crippen LogP) is 2.20. The molecular formula is C12H14FN3O. The highest BCUT2D eigenvalue weighted by Crippen LogP contribution is 2.15. The molecule has 0 unspecified atom stereocenters. The van der Waals surface area contributed by atoms with E-state index in [1.165, 1.54) is 12.1 Å². The summed E-state index contributed by atoms with van der Waals surface area (Å²) in [6, 6.07) is 7.79. The molecule has 0 spiro atoms. The molecular weight excluding hydrogens is 221 g/mol. The van der Waals surface area contributed by atoms with Crippen molar-refractivity contribution in [3.63, 3.8) is 0 Å². The average Bonchev–Trinajstić information content (AvgIpc) is 2.67. The first kappa shape index (κ1) is 11.4. The summed E-state index contributed by atoms with van der Waals surface area (Å²) in [4.78, 5) is 0. The molecule has 0 aliphatic heterocycles. The van der Waals surface area contributed by atoms with E-state index in [2.05, 4.69) is 5.10 Å². The molecule has 0 amide bonds. The number of hydrogen-bond donors (Lipinski definition) is 1. The van der Waals surface area contributed by atoms with Crippen LogP contribution in [0, 0.1) is 5.82 Å². The Hall–Kier alpha value is -2.04. The SMILES string of the molecule is CCn1nc(N)cc1COc1cccc(F)c1. The molecule has 0 fully saturated rings. The third kappa shape index (κ3) is 2.75. The van der Waals surface area contributed by atoms with Crippen LogP contribution in [0.15, 0.2) is 30.3 Å². The molecule has 0 bridgehead atoms. The Morgan fingerprint density at radius 2 is 2.24 bits per heavy atom. The normalized spacial score (nSPS) is 10.5. The predicted molar refractivity (Wildman–Crippen MR) is 63.0 cm³/mol. The summed E-state index contributed by atoms with van der Waals surface area (Å²) in [5, 5.41) is 4.10.